The molecule has 2 aliphatic heterocycles. The van der Waals surface area contributed by atoms with Crippen molar-refractivity contribution in [1.29, 1.82) is 0 Å². The highest BCUT2D eigenvalue weighted by Crippen LogP contribution is 2.40. The van der Waals surface area contributed by atoms with E-state index in [4.69, 9.17) is 9.40 Å². The summed E-state index contributed by atoms with van der Waals surface area (Å²) < 4.78 is 6.26. The van der Waals surface area contributed by atoms with Gasteiger partial charge in [-0.25, -0.2) is 4.98 Å². The molecule has 5 rings (SSSR count). The average Bonchev–Trinajstić information content (AvgIpc) is 3.40. The molecule has 4 heterocycles. The number of furan rings is 1. The first-order valence-corrected chi connectivity index (χ1v) is 13.7. The van der Waals surface area contributed by atoms with Crippen molar-refractivity contribution < 1.29 is 19.1 Å². The minimum absolute atomic E-state index is 0.0816. The van der Waals surface area contributed by atoms with Crippen LogP contribution in [0.5, 0.6) is 0 Å². The van der Waals surface area contributed by atoms with E-state index >= 15 is 0 Å². The number of carbonyl (C=O) groups is 2. The third kappa shape index (κ3) is 4.73. The van der Waals surface area contributed by atoms with Gasteiger partial charge in [0.1, 0.15) is 11.3 Å². The Bertz CT molecular complexity index is 1220. The van der Waals surface area contributed by atoms with Crippen molar-refractivity contribution in [2.45, 2.75) is 96.7 Å². The Balaban J connectivity index is 1.40. The van der Waals surface area contributed by atoms with Gasteiger partial charge in [-0.2, -0.15) is 0 Å². The molecule has 0 spiro atoms. The molecule has 1 saturated carbocycles. The maximum Gasteiger partial charge on any atom is 0.290 e. The predicted molar refractivity (Wildman–Crippen MR) is 144 cm³/mol. The van der Waals surface area contributed by atoms with Crippen LogP contribution in [0.2, 0.25) is 0 Å². The van der Waals surface area contributed by atoms with Crippen molar-refractivity contribution in [2.75, 3.05) is 31.1 Å². The van der Waals surface area contributed by atoms with Gasteiger partial charge in [0.15, 0.2) is 11.3 Å². The van der Waals surface area contributed by atoms with Crippen molar-refractivity contribution in [3.05, 3.63) is 23.5 Å². The number of anilines is 1. The lowest BCUT2D eigenvalue weighted by Crippen LogP contribution is -2.63. The summed E-state index contributed by atoms with van der Waals surface area (Å²) >= 11 is 0. The van der Waals surface area contributed by atoms with Crippen LogP contribution in [-0.4, -0.2) is 75.1 Å². The molecule has 2 aromatic heterocycles. The van der Waals surface area contributed by atoms with E-state index in [0.29, 0.717) is 55.4 Å². The zero-order chi connectivity index (χ0) is 26.9. The van der Waals surface area contributed by atoms with Crippen LogP contribution in [-0.2, 0) is 10.2 Å². The number of nitrogens with zero attached hydrogens (tertiary/aromatic N) is 4. The largest absolute Gasteiger partial charge is 0.449 e. The fourth-order valence-corrected chi connectivity index (χ4v) is 6.38. The van der Waals surface area contributed by atoms with E-state index in [1.165, 1.54) is 0 Å². The minimum atomic E-state index is -0.735. The summed E-state index contributed by atoms with van der Waals surface area (Å²) in [6.45, 7) is 16.8. The molecular weight excluding hydrogens is 468 g/mol. The standard InChI is InChI=1S/C29H42N4O4/c1-18-9-8-10-32(18)23-13-20(27(2,3)4)24-21(30-23)14-22(37-24)26(35)33-12-11-31(17-28(33,5)6)25(34)19-15-29(7,36)16-19/h13-14,18-19,36H,8-12,15-17H2,1-7H3/t18-,19?,29?/m1/s1. The zero-order valence-electron chi connectivity index (χ0n) is 23.4. The summed E-state index contributed by atoms with van der Waals surface area (Å²) in [6.07, 6.45) is 3.32. The van der Waals surface area contributed by atoms with Crippen LogP contribution in [0.3, 0.4) is 0 Å². The molecule has 3 aliphatic rings. The minimum Gasteiger partial charge on any atom is -0.449 e. The van der Waals surface area contributed by atoms with E-state index in [9.17, 15) is 14.7 Å². The summed E-state index contributed by atoms with van der Waals surface area (Å²) in [6, 6.07) is 4.37. The first-order valence-electron chi connectivity index (χ1n) is 13.7. The van der Waals surface area contributed by atoms with E-state index in [0.717, 1.165) is 30.8 Å². The summed E-state index contributed by atoms with van der Waals surface area (Å²) in [5.41, 5.74) is 0.989. The van der Waals surface area contributed by atoms with Crippen LogP contribution in [0.4, 0.5) is 5.82 Å². The Labute approximate surface area is 220 Å². The smallest absolute Gasteiger partial charge is 0.290 e. The third-order valence-corrected chi connectivity index (χ3v) is 8.51. The van der Waals surface area contributed by atoms with Gasteiger partial charge in [0, 0.05) is 49.8 Å². The molecule has 0 radical (unpaired) electrons. The molecule has 1 N–H and O–H groups in total. The fraction of sp³-hybridized carbons (Fsp3) is 0.690. The Morgan fingerprint density at radius 1 is 1.11 bits per heavy atom. The molecule has 0 aromatic carbocycles. The van der Waals surface area contributed by atoms with Crippen molar-refractivity contribution in [1.82, 2.24) is 14.8 Å². The van der Waals surface area contributed by atoms with E-state index in [1.54, 1.807) is 13.0 Å². The normalized spacial score (nSPS) is 28.1. The molecule has 1 atom stereocenters. The molecule has 1 aliphatic carbocycles. The first kappa shape index (κ1) is 26.0. The number of aliphatic hydroxyl groups is 1. The number of piperazine rings is 1. The lowest BCUT2D eigenvalue weighted by Gasteiger charge is -2.49. The number of carbonyl (C=O) groups excluding carboxylic acids is 2. The summed E-state index contributed by atoms with van der Waals surface area (Å²) in [5, 5.41) is 10.1. The van der Waals surface area contributed by atoms with Gasteiger partial charge >= 0.3 is 0 Å². The quantitative estimate of drug-likeness (QED) is 0.661. The first-order chi connectivity index (χ1) is 17.2. The average molecular weight is 511 g/mol. The Kier molecular flexibility index (Phi) is 6.13. The molecule has 8 nitrogen and oxygen atoms in total. The number of pyridine rings is 1. The molecule has 0 bridgehead atoms. The topological polar surface area (TPSA) is 90.1 Å². The van der Waals surface area contributed by atoms with Gasteiger partial charge in [-0.05, 0) is 64.9 Å². The lowest BCUT2D eigenvalue weighted by molar-refractivity contribution is -0.153. The van der Waals surface area contributed by atoms with Gasteiger partial charge in [-0.15, -0.1) is 0 Å². The maximum absolute atomic E-state index is 13.8. The van der Waals surface area contributed by atoms with E-state index in [1.807, 2.05) is 23.6 Å². The molecule has 202 valence electrons. The maximum atomic E-state index is 13.8. The highest BCUT2D eigenvalue weighted by atomic mass is 16.3. The van der Waals surface area contributed by atoms with Crippen LogP contribution in [0.15, 0.2) is 16.5 Å². The number of hydrogen-bond donors (Lipinski definition) is 1. The monoisotopic (exact) mass is 510 g/mol. The van der Waals surface area contributed by atoms with Gasteiger partial charge in [-0.1, -0.05) is 20.8 Å². The Morgan fingerprint density at radius 2 is 1.81 bits per heavy atom. The SMILES string of the molecule is C[C@@H]1CCCN1c1cc(C(C)(C)C)c2oc(C(=O)N3CCN(C(=O)C4CC(C)(O)C4)CC3(C)C)cc2n1. The molecular formula is C29H42N4O4. The van der Waals surface area contributed by atoms with E-state index < -0.39 is 11.1 Å². The van der Waals surface area contributed by atoms with E-state index in [-0.39, 0.29) is 23.1 Å². The van der Waals surface area contributed by atoms with Crippen molar-refractivity contribution in [3.8, 4) is 0 Å². The highest BCUT2D eigenvalue weighted by molar-refractivity contribution is 5.97. The molecule has 3 fully saturated rings. The van der Waals surface area contributed by atoms with Gasteiger partial charge < -0.3 is 24.2 Å². The second-order valence-electron chi connectivity index (χ2n) is 13.4. The molecule has 0 unspecified atom stereocenters. The lowest BCUT2D eigenvalue weighted by atomic mass is 9.71. The number of fused-ring (bicyclic) bond motifs is 1. The van der Waals surface area contributed by atoms with Gasteiger partial charge in [-0.3, -0.25) is 9.59 Å². The number of amides is 2. The number of aromatic nitrogens is 1. The van der Waals surface area contributed by atoms with Crippen LogP contribution in [0, 0.1) is 5.92 Å². The Morgan fingerprint density at radius 3 is 2.38 bits per heavy atom. The third-order valence-electron chi connectivity index (χ3n) is 8.51. The highest BCUT2D eigenvalue weighted by Gasteiger charge is 2.47. The summed E-state index contributed by atoms with van der Waals surface area (Å²) in [7, 11) is 0. The fourth-order valence-electron chi connectivity index (χ4n) is 6.38. The van der Waals surface area contributed by atoms with Crippen molar-refractivity contribution in [2.24, 2.45) is 5.92 Å². The second kappa shape index (κ2) is 8.72. The molecule has 2 saturated heterocycles. The van der Waals surface area contributed by atoms with Crippen molar-refractivity contribution >= 4 is 28.7 Å². The Hall–Kier alpha value is -2.61. The van der Waals surface area contributed by atoms with Crippen LogP contribution >= 0.6 is 0 Å². The van der Waals surface area contributed by atoms with Crippen LogP contribution in [0.25, 0.3) is 11.1 Å². The summed E-state index contributed by atoms with van der Waals surface area (Å²) in [5.74, 6) is 1.03. The van der Waals surface area contributed by atoms with Crippen molar-refractivity contribution in [3.63, 3.8) is 0 Å². The van der Waals surface area contributed by atoms with Gasteiger partial charge in [0.05, 0.1) is 11.1 Å². The molecule has 2 aromatic rings. The van der Waals surface area contributed by atoms with Crippen LogP contribution in [0.1, 0.15) is 90.3 Å². The van der Waals surface area contributed by atoms with Crippen LogP contribution < -0.4 is 4.90 Å². The van der Waals surface area contributed by atoms with Gasteiger partial charge in [0.2, 0.25) is 5.91 Å². The van der Waals surface area contributed by atoms with E-state index in [2.05, 4.69) is 38.7 Å². The molecule has 8 heteroatoms. The van der Waals surface area contributed by atoms with Gasteiger partial charge in [0.25, 0.3) is 5.91 Å². The molecule has 2 amide bonds. The predicted octanol–water partition coefficient (Wildman–Crippen LogP) is 4.34. The number of rotatable bonds is 3. The second-order valence-corrected chi connectivity index (χ2v) is 13.4. The summed E-state index contributed by atoms with van der Waals surface area (Å²) in [4.78, 5) is 37.7. The molecule has 37 heavy (non-hydrogen) atoms. The number of hydrogen-bond acceptors (Lipinski definition) is 6. The zero-order valence-corrected chi connectivity index (χ0v) is 23.4.